The maximum atomic E-state index is 11.5. The summed E-state index contributed by atoms with van der Waals surface area (Å²) in [6.45, 7) is 6.25. The number of hydrogen-bond donors (Lipinski definition) is 0. The summed E-state index contributed by atoms with van der Waals surface area (Å²) in [5, 5.41) is 0. The second-order valence-corrected chi connectivity index (χ2v) is 3.12. The molecule has 0 amide bonds. The zero-order chi connectivity index (χ0) is 13.1. The number of hydrogen-bond acceptors (Lipinski definition) is 5. The number of carbonyl (C=O) groups excluding carboxylic acids is 2. The molecule has 0 bridgehead atoms. The van der Waals surface area contributed by atoms with E-state index in [-0.39, 0.29) is 19.6 Å². The van der Waals surface area contributed by atoms with Crippen molar-refractivity contribution in [3.05, 3.63) is 12.3 Å². The van der Waals surface area contributed by atoms with E-state index < -0.39 is 17.9 Å². The van der Waals surface area contributed by atoms with Crippen LogP contribution in [-0.2, 0) is 23.8 Å². The van der Waals surface area contributed by atoms with Crippen LogP contribution >= 0.6 is 0 Å². The van der Waals surface area contributed by atoms with Crippen LogP contribution in [-0.4, -0.2) is 31.8 Å². The molecular formula is C12H20O5. The summed E-state index contributed by atoms with van der Waals surface area (Å²) in [5.41, 5.74) is 0. The zero-order valence-corrected chi connectivity index (χ0v) is 10.6. The minimum Gasteiger partial charge on any atom is -0.502 e. The van der Waals surface area contributed by atoms with Crippen molar-refractivity contribution in [2.24, 2.45) is 5.92 Å². The highest BCUT2D eigenvalue weighted by molar-refractivity contribution is 5.95. The van der Waals surface area contributed by atoms with Crippen LogP contribution < -0.4 is 0 Å². The predicted octanol–water partition coefficient (Wildman–Crippen LogP) is 1.67. The van der Waals surface area contributed by atoms with Crippen LogP contribution in [0.3, 0.4) is 0 Å². The topological polar surface area (TPSA) is 61.8 Å². The molecule has 0 aromatic carbocycles. The molecule has 17 heavy (non-hydrogen) atoms. The largest absolute Gasteiger partial charge is 0.502 e. The Morgan fingerprint density at radius 1 is 1.00 bits per heavy atom. The monoisotopic (exact) mass is 244 g/mol. The van der Waals surface area contributed by atoms with E-state index in [0.717, 1.165) is 0 Å². The molecule has 0 unspecified atom stereocenters. The minimum absolute atomic E-state index is 0.220. The first-order valence-electron chi connectivity index (χ1n) is 5.77. The fourth-order valence-corrected chi connectivity index (χ4v) is 1.13. The Balaban J connectivity index is 4.39. The zero-order valence-electron chi connectivity index (χ0n) is 10.6. The Bertz CT molecular complexity index is 242. The fourth-order valence-electron chi connectivity index (χ4n) is 1.13. The number of ether oxygens (including phenoxy) is 3. The van der Waals surface area contributed by atoms with Gasteiger partial charge in [0.15, 0.2) is 5.92 Å². The third kappa shape index (κ3) is 6.60. The van der Waals surface area contributed by atoms with Gasteiger partial charge in [-0.05, 0) is 33.3 Å². The van der Waals surface area contributed by atoms with E-state index in [1.807, 2.05) is 6.92 Å². The van der Waals surface area contributed by atoms with Gasteiger partial charge in [0.05, 0.1) is 26.1 Å². The highest BCUT2D eigenvalue weighted by Gasteiger charge is 2.28. The van der Waals surface area contributed by atoms with Crippen LogP contribution in [0.5, 0.6) is 0 Å². The lowest BCUT2D eigenvalue weighted by atomic mass is 10.1. The van der Waals surface area contributed by atoms with Gasteiger partial charge in [-0.15, -0.1) is 0 Å². The Hall–Kier alpha value is -1.52. The first kappa shape index (κ1) is 15.5. The molecule has 0 aromatic heterocycles. The fraction of sp³-hybridized carbons (Fsp3) is 0.667. The van der Waals surface area contributed by atoms with Gasteiger partial charge >= 0.3 is 11.9 Å². The molecular weight excluding hydrogens is 224 g/mol. The first-order valence-corrected chi connectivity index (χ1v) is 5.77. The van der Waals surface area contributed by atoms with E-state index in [2.05, 4.69) is 0 Å². The van der Waals surface area contributed by atoms with Crippen molar-refractivity contribution >= 4 is 11.9 Å². The third-order valence-electron chi connectivity index (χ3n) is 1.87. The molecule has 0 fully saturated rings. The van der Waals surface area contributed by atoms with Crippen LogP contribution in [0.4, 0.5) is 0 Å². The normalized spacial score (nSPS) is 10.6. The second-order valence-electron chi connectivity index (χ2n) is 3.12. The average molecular weight is 244 g/mol. The SMILES string of the molecule is CCO/C=C/CC(C(=O)OCC)C(=O)OCC. The van der Waals surface area contributed by atoms with E-state index >= 15 is 0 Å². The first-order chi connectivity index (χ1) is 8.17. The Morgan fingerprint density at radius 3 is 1.94 bits per heavy atom. The summed E-state index contributed by atoms with van der Waals surface area (Å²) in [7, 11) is 0. The average Bonchev–Trinajstić information content (AvgIpc) is 2.29. The van der Waals surface area contributed by atoms with E-state index in [4.69, 9.17) is 14.2 Å². The lowest BCUT2D eigenvalue weighted by molar-refractivity contribution is -0.161. The van der Waals surface area contributed by atoms with Crippen LogP contribution in [0.2, 0.25) is 0 Å². The predicted molar refractivity (Wildman–Crippen MR) is 62.1 cm³/mol. The molecule has 0 radical (unpaired) electrons. The molecule has 0 rings (SSSR count). The quantitative estimate of drug-likeness (QED) is 0.369. The molecule has 5 nitrogen and oxygen atoms in total. The number of esters is 2. The molecule has 0 heterocycles. The van der Waals surface area contributed by atoms with Crippen LogP contribution in [0.1, 0.15) is 27.2 Å². The smallest absolute Gasteiger partial charge is 0.320 e. The van der Waals surface area contributed by atoms with E-state index in [1.54, 1.807) is 19.9 Å². The van der Waals surface area contributed by atoms with Crippen molar-refractivity contribution in [3.8, 4) is 0 Å². The molecule has 5 heteroatoms. The molecule has 0 aliphatic heterocycles. The van der Waals surface area contributed by atoms with Crippen molar-refractivity contribution in [2.75, 3.05) is 19.8 Å². The lowest BCUT2D eigenvalue weighted by Crippen LogP contribution is -2.27. The van der Waals surface area contributed by atoms with Gasteiger partial charge in [-0.2, -0.15) is 0 Å². The van der Waals surface area contributed by atoms with Crippen LogP contribution in [0.15, 0.2) is 12.3 Å². The summed E-state index contributed by atoms with van der Waals surface area (Å²) in [5.74, 6) is -2.04. The lowest BCUT2D eigenvalue weighted by Gasteiger charge is -2.12. The van der Waals surface area contributed by atoms with Crippen molar-refractivity contribution in [3.63, 3.8) is 0 Å². The van der Waals surface area contributed by atoms with E-state index in [9.17, 15) is 9.59 Å². The molecule has 0 spiro atoms. The molecule has 0 aromatic rings. The molecule has 0 saturated heterocycles. The molecule has 0 saturated carbocycles. The summed E-state index contributed by atoms with van der Waals surface area (Å²) < 4.78 is 14.6. The van der Waals surface area contributed by atoms with Crippen molar-refractivity contribution in [2.45, 2.75) is 27.2 Å². The highest BCUT2D eigenvalue weighted by Crippen LogP contribution is 2.10. The maximum absolute atomic E-state index is 11.5. The number of rotatable bonds is 8. The van der Waals surface area contributed by atoms with E-state index in [0.29, 0.717) is 6.61 Å². The van der Waals surface area contributed by atoms with Gasteiger partial charge in [0.2, 0.25) is 0 Å². The summed E-state index contributed by atoms with van der Waals surface area (Å²) in [6.07, 6.45) is 3.30. The van der Waals surface area contributed by atoms with Gasteiger partial charge in [0.25, 0.3) is 0 Å². The number of allylic oxidation sites excluding steroid dienone is 1. The summed E-state index contributed by atoms with van der Waals surface area (Å²) in [4.78, 5) is 23.1. The highest BCUT2D eigenvalue weighted by atomic mass is 16.6. The minimum atomic E-state index is -0.911. The standard InChI is InChI=1S/C12H20O5/c1-4-15-9-7-8-10(11(13)16-5-2)12(14)17-6-3/h7,9-10H,4-6,8H2,1-3H3/b9-7+. The second kappa shape index (κ2) is 9.69. The molecule has 0 N–H and O–H groups in total. The van der Waals surface area contributed by atoms with Crippen molar-refractivity contribution < 1.29 is 23.8 Å². The number of carbonyl (C=O) groups is 2. The van der Waals surface area contributed by atoms with E-state index in [1.165, 1.54) is 6.26 Å². The van der Waals surface area contributed by atoms with Crippen LogP contribution in [0.25, 0.3) is 0 Å². The Kier molecular flexibility index (Phi) is 8.82. The van der Waals surface area contributed by atoms with Gasteiger partial charge in [-0.25, -0.2) is 0 Å². The summed E-state index contributed by atoms with van der Waals surface area (Å²) in [6, 6.07) is 0. The third-order valence-corrected chi connectivity index (χ3v) is 1.87. The van der Waals surface area contributed by atoms with Gasteiger partial charge in [-0.1, -0.05) is 0 Å². The van der Waals surface area contributed by atoms with Gasteiger partial charge in [-0.3, -0.25) is 9.59 Å². The van der Waals surface area contributed by atoms with Crippen LogP contribution in [0, 0.1) is 5.92 Å². The van der Waals surface area contributed by atoms with Gasteiger partial charge < -0.3 is 14.2 Å². The Labute approximate surface area is 102 Å². The van der Waals surface area contributed by atoms with Gasteiger partial charge in [0.1, 0.15) is 0 Å². The summed E-state index contributed by atoms with van der Waals surface area (Å²) >= 11 is 0. The molecule has 0 atom stereocenters. The maximum Gasteiger partial charge on any atom is 0.320 e. The van der Waals surface area contributed by atoms with Crippen molar-refractivity contribution in [1.82, 2.24) is 0 Å². The molecule has 0 aliphatic rings. The molecule has 0 aliphatic carbocycles. The van der Waals surface area contributed by atoms with Crippen molar-refractivity contribution in [1.29, 1.82) is 0 Å². The van der Waals surface area contributed by atoms with Gasteiger partial charge in [0, 0.05) is 0 Å². The Morgan fingerprint density at radius 2 is 1.53 bits per heavy atom. The molecule has 98 valence electrons.